The first-order valence-electron chi connectivity index (χ1n) is 5.80. The molecular weight excluding hydrogens is 230 g/mol. The zero-order chi connectivity index (χ0) is 12.3. The predicted molar refractivity (Wildman–Crippen MR) is 73.2 cm³/mol. The van der Waals surface area contributed by atoms with Crippen LogP contribution in [0.3, 0.4) is 0 Å². The van der Waals surface area contributed by atoms with Gasteiger partial charge in [0.1, 0.15) is 6.07 Å². The smallest absolute Gasteiger partial charge is 0.101 e. The van der Waals surface area contributed by atoms with Crippen molar-refractivity contribution in [1.29, 1.82) is 5.26 Å². The fraction of sp³-hybridized carbons (Fsp3) is 0.462. The Morgan fingerprint density at radius 3 is 3.00 bits per heavy atom. The maximum Gasteiger partial charge on any atom is 0.101 e. The average Bonchev–Trinajstić information content (AvgIpc) is 2.91. The fourth-order valence-electron chi connectivity index (χ4n) is 2.13. The second-order valence-corrected chi connectivity index (χ2v) is 5.45. The molecule has 0 amide bonds. The number of nitriles is 1. The van der Waals surface area contributed by atoms with Crippen molar-refractivity contribution in [2.45, 2.75) is 19.0 Å². The minimum Gasteiger partial charge on any atom is -0.370 e. The highest BCUT2D eigenvalue weighted by atomic mass is 32.2. The molecule has 1 aliphatic rings. The normalized spacial score (nSPS) is 19.0. The third-order valence-electron chi connectivity index (χ3n) is 3.25. The number of anilines is 1. The lowest BCUT2D eigenvalue weighted by Crippen LogP contribution is -2.31. The van der Waals surface area contributed by atoms with Crippen LogP contribution in [0.5, 0.6) is 0 Å². The zero-order valence-electron chi connectivity index (χ0n) is 10.0. The van der Waals surface area contributed by atoms with E-state index in [1.165, 1.54) is 12.2 Å². The molecule has 17 heavy (non-hydrogen) atoms. The topological polar surface area (TPSA) is 53.0 Å². The largest absolute Gasteiger partial charge is 0.370 e. The molecule has 1 atom stereocenters. The first-order chi connectivity index (χ1) is 8.26. The number of hydrogen-bond donors (Lipinski definition) is 1. The molecule has 1 saturated heterocycles. The predicted octanol–water partition coefficient (Wildman–Crippen LogP) is 1.96. The molecule has 3 nitrogen and oxygen atoms in total. The Balaban J connectivity index is 2.28. The van der Waals surface area contributed by atoms with Gasteiger partial charge in [0.2, 0.25) is 0 Å². The van der Waals surface area contributed by atoms with E-state index in [4.69, 9.17) is 5.73 Å². The summed E-state index contributed by atoms with van der Waals surface area (Å²) >= 11 is 1.98. The van der Waals surface area contributed by atoms with Gasteiger partial charge < -0.3 is 10.6 Å². The highest BCUT2D eigenvalue weighted by Gasteiger charge is 2.21. The molecule has 0 aliphatic carbocycles. The highest BCUT2D eigenvalue weighted by Crippen LogP contribution is 2.28. The van der Waals surface area contributed by atoms with Gasteiger partial charge >= 0.3 is 0 Å². The van der Waals surface area contributed by atoms with Crippen LogP contribution in [0, 0.1) is 11.3 Å². The Hall–Kier alpha value is -1.18. The van der Waals surface area contributed by atoms with Crippen molar-refractivity contribution >= 4 is 17.4 Å². The molecule has 90 valence electrons. The summed E-state index contributed by atoms with van der Waals surface area (Å²) in [6.07, 6.45) is 1.20. The SMILES string of the molecule is CN(c1ccc(CN)cc1C#N)C1CCSC1. The molecular formula is C13H17N3S. The summed E-state index contributed by atoms with van der Waals surface area (Å²) in [6, 6.07) is 8.75. The van der Waals surface area contributed by atoms with E-state index in [0.717, 1.165) is 22.6 Å². The molecule has 1 aromatic rings. The molecule has 1 aromatic carbocycles. The van der Waals surface area contributed by atoms with Gasteiger partial charge in [0.15, 0.2) is 0 Å². The van der Waals surface area contributed by atoms with Crippen LogP contribution in [0.15, 0.2) is 18.2 Å². The second kappa shape index (κ2) is 5.44. The molecule has 4 heteroatoms. The lowest BCUT2D eigenvalue weighted by Gasteiger charge is -2.27. The van der Waals surface area contributed by atoms with E-state index in [9.17, 15) is 5.26 Å². The molecule has 0 saturated carbocycles. The molecule has 1 unspecified atom stereocenters. The summed E-state index contributed by atoms with van der Waals surface area (Å²) in [6.45, 7) is 0.484. The lowest BCUT2D eigenvalue weighted by atomic mass is 10.1. The third-order valence-corrected chi connectivity index (χ3v) is 4.40. The first-order valence-corrected chi connectivity index (χ1v) is 6.95. The van der Waals surface area contributed by atoms with E-state index in [1.54, 1.807) is 0 Å². The molecule has 0 spiro atoms. The standard InChI is InChI=1S/C13H17N3S/c1-16(12-4-5-17-9-12)13-3-2-10(7-14)6-11(13)8-15/h2-3,6,12H,4-5,7,9,14H2,1H3. The Bertz CT molecular complexity index is 433. The second-order valence-electron chi connectivity index (χ2n) is 4.30. The van der Waals surface area contributed by atoms with Crippen LogP contribution in [-0.4, -0.2) is 24.6 Å². The molecule has 0 radical (unpaired) electrons. The number of nitrogens with zero attached hydrogens (tertiary/aromatic N) is 2. The van der Waals surface area contributed by atoms with Crippen molar-refractivity contribution in [2.24, 2.45) is 5.73 Å². The fourth-order valence-corrected chi connectivity index (χ4v) is 3.40. The van der Waals surface area contributed by atoms with Crippen molar-refractivity contribution in [3.05, 3.63) is 29.3 Å². The van der Waals surface area contributed by atoms with Gasteiger partial charge in [0.05, 0.1) is 11.3 Å². The van der Waals surface area contributed by atoms with Gasteiger partial charge in [-0.2, -0.15) is 17.0 Å². The van der Waals surface area contributed by atoms with Crippen LogP contribution < -0.4 is 10.6 Å². The molecule has 1 fully saturated rings. The number of benzene rings is 1. The van der Waals surface area contributed by atoms with Crippen molar-refractivity contribution < 1.29 is 0 Å². The molecule has 2 N–H and O–H groups in total. The van der Waals surface area contributed by atoms with Gasteiger partial charge in [-0.15, -0.1) is 0 Å². The number of rotatable bonds is 3. The van der Waals surface area contributed by atoms with E-state index >= 15 is 0 Å². The van der Waals surface area contributed by atoms with Crippen molar-refractivity contribution in [3.63, 3.8) is 0 Å². The van der Waals surface area contributed by atoms with E-state index < -0.39 is 0 Å². The summed E-state index contributed by atoms with van der Waals surface area (Å²) in [5.74, 6) is 2.37. The van der Waals surface area contributed by atoms with Gasteiger partial charge in [0.25, 0.3) is 0 Å². The quantitative estimate of drug-likeness (QED) is 0.887. The Morgan fingerprint density at radius 2 is 2.41 bits per heavy atom. The Kier molecular flexibility index (Phi) is 3.93. The highest BCUT2D eigenvalue weighted by molar-refractivity contribution is 7.99. The van der Waals surface area contributed by atoms with Gasteiger partial charge in [-0.1, -0.05) is 6.07 Å². The molecule has 1 aliphatic heterocycles. The Morgan fingerprint density at radius 1 is 1.59 bits per heavy atom. The van der Waals surface area contributed by atoms with Crippen LogP contribution in [0.4, 0.5) is 5.69 Å². The number of thioether (sulfide) groups is 1. The Labute approximate surface area is 107 Å². The van der Waals surface area contributed by atoms with E-state index in [2.05, 4.69) is 18.0 Å². The minimum absolute atomic E-state index is 0.484. The van der Waals surface area contributed by atoms with Crippen LogP contribution in [0.2, 0.25) is 0 Å². The van der Waals surface area contributed by atoms with Crippen molar-refractivity contribution in [2.75, 3.05) is 23.5 Å². The van der Waals surface area contributed by atoms with Crippen LogP contribution >= 0.6 is 11.8 Å². The van der Waals surface area contributed by atoms with E-state index in [-0.39, 0.29) is 0 Å². The van der Waals surface area contributed by atoms with Crippen LogP contribution in [0.1, 0.15) is 17.5 Å². The summed E-state index contributed by atoms with van der Waals surface area (Å²) in [5.41, 5.74) is 8.36. The maximum absolute atomic E-state index is 9.21. The molecule has 0 bridgehead atoms. The lowest BCUT2D eigenvalue weighted by molar-refractivity contribution is 0.699. The summed E-state index contributed by atoms with van der Waals surface area (Å²) in [7, 11) is 2.08. The summed E-state index contributed by atoms with van der Waals surface area (Å²) in [5, 5.41) is 9.21. The van der Waals surface area contributed by atoms with Crippen molar-refractivity contribution in [1.82, 2.24) is 0 Å². The summed E-state index contributed by atoms with van der Waals surface area (Å²) < 4.78 is 0. The number of hydrogen-bond acceptors (Lipinski definition) is 4. The molecule has 1 heterocycles. The van der Waals surface area contributed by atoms with Crippen molar-refractivity contribution in [3.8, 4) is 6.07 Å². The number of nitrogens with two attached hydrogens (primary N) is 1. The monoisotopic (exact) mass is 247 g/mol. The molecule has 0 aromatic heterocycles. The van der Waals surface area contributed by atoms with Gasteiger partial charge in [-0.25, -0.2) is 0 Å². The first kappa shape index (κ1) is 12.3. The van der Waals surface area contributed by atoms with Crippen LogP contribution in [-0.2, 0) is 6.54 Å². The van der Waals surface area contributed by atoms with Gasteiger partial charge in [-0.05, 0) is 29.9 Å². The summed E-state index contributed by atoms with van der Waals surface area (Å²) in [4.78, 5) is 2.23. The zero-order valence-corrected chi connectivity index (χ0v) is 10.8. The van der Waals surface area contributed by atoms with E-state index in [1.807, 2.05) is 30.0 Å². The van der Waals surface area contributed by atoms with Gasteiger partial charge in [-0.3, -0.25) is 0 Å². The van der Waals surface area contributed by atoms with Crippen LogP contribution in [0.25, 0.3) is 0 Å². The van der Waals surface area contributed by atoms with E-state index in [0.29, 0.717) is 12.6 Å². The molecule has 2 rings (SSSR count). The van der Waals surface area contributed by atoms with Gasteiger partial charge in [0, 0.05) is 25.4 Å². The minimum atomic E-state index is 0.484. The third kappa shape index (κ3) is 2.56. The average molecular weight is 247 g/mol. The maximum atomic E-state index is 9.21.